The second-order valence-electron chi connectivity index (χ2n) is 4.56. The number of hydrogen-bond acceptors (Lipinski definition) is 6. The molecule has 0 aliphatic rings. The molecular formula is C16H16N2O4. The fraction of sp³-hybridized carbons (Fsp3) is 0.125. The van der Waals surface area contributed by atoms with Crippen molar-refractivity contribution in [3.8, 4) is 23.0 Å². The van der Waals surface area contributed by atoms with Crippen molar-refractivity contribution < 1.29 is 20.4 Å². The lowest BCUT2D eigenvalue weighted by Crippen LogP contribution is -1.91. The molecule has 2 rings (SSSR count). The van der Waals surface area contributed by atoms with Crippen molar-refractivity contribution in [2.75, 3.05) is 13.1 Å². The second-order valence-corrected chi connectivity index (χ2v) is 4.56. The van der Waals surface area contributed by atoms with E-state index in [0.29, 0.717) is 24.2 Å². The van der Waals surface area contributed by atoms with E-state index in [1.54, 1.807) is 12.1 Å². The molecule has 4 N–H and O–H groups in total. The molecule has 2 aromatic carbocycles. The van der Waals surface area contributed by atoms with E-state index in [2.05, 4.69) is 9.98 Å². The summed E-state index contributed by atoms with van der Waals surface area (Å²) in [5, 5.41) is 37.5. The van der Waals surface area contributed by atoms with Crippen LogP contribution < -0.4 is 0 Å². The Kier molecular flexibility index (Phi) is 4.98. The Morgan fingerprint density at radius 3 is 1.45 bits per heavy atom. The fourth-order valence-electron chi connectivity index (χ4n) is 1.72. The van der Waals surface area contributed by atoms with Gasteiger partial charge in [0.25, 0.3) is 0 Å². The molecule has 0 radical (unpaired) electrons. The van der Waals surface area contributed by atoms with Gasteiger partial charge in [-0.2, -0.15) is 0 Å². The van der Waals surface area contributed by atoms with Crippen LogP contribution in [0.25, 0.3) is 0 Å². The minimum atomic E-state index is -0.0405. The van der Waals surface area contributed by atoms with Gasteiger partial charge in [0.2, 0.25) is 0 Å². The molecular weight excluding hydrogens is 284 g/mol. The summed E-state index contributed by atoms with van der Waals surface area (Å²) in [5.41, 5.74) is 1.02. The van der Waals surface area contributed by atoms with Crippen LogP contribution in [0.15, 0.2) is 46.4 Å². The average molecular weight is 300 g/mol. The first kappa shape index (κ1) is 15.4. The van der Waals surface area contributed by atoms with Crippen LogP contribution in [0.3, 0.4) is 0 Å². The van der Waals surface area contributed by atoms with Gasteiger partial charge < -0.3 is 20.4 Å². The van der Waals surface area contributed by atoms with Crippen LogP contribution in [0.2, 0.25) is 0 Å². The van der Waals surface area contributed by atoms with Crippen LogP contribution in [0.4, 0.5) is 0 Å². The van der Waals surface area contributed by atoms with Crippen molar-refractivity contribution in [2.24, 2.45) is 9.98 Å². The Balaban J connectivity index is 1.86. The van der Waals surface area contributed by atoms with Gasteiger partial charge in [-0.3, -0.25) is 9.98 Å². The number of nitrogens with zero attached hydrogens (tertiary/aromatic N) is 2. The van der Waals surface area contributed by atoms with E-state index in [9.17, 15) is 10.2 Å². The van der Waals surface area contributed by atoms with Crippen molar-refractivity contribution in [3.63, 3.8) is 0 Å². The Hall–Kier alpha value is -3.02. The predicted octanol–water partition coefficient (Wildman–Crippen LogP) is 2.05. The largest absolute Gasteiger partial charge is 0.508 e. The molecule has 0 saturated heterocycles. The molecule has 6 nitrogen and oxygen atoms in total. The maximum atomic E-state index is 9.57. The summed E-state index contributed by atoms with van der Waals surface area (Å²) in [7, 11) is 0. The Morgan fingerprint density at radius 2 is 1.09 bits per heavy atom. The highest BCUT2D eigenvalue weighted by molar-refractivity contribution is 5.84. The summed E-state index contributed by atoms with van der Waals surface area (Å²) in [6.45, 7) is 0.825. The zero-order valence-corrected chi connectivity index (χ0v) is 11.7. The van der Waals surface area contributed by atoms with Gasteiger partial charge >= 0.3 is 0 Å². The molecule has 2 aromatic rings. The minimum absolute atomic E-state index is 0.00652. The highest BCUT2D eigenvalue weighted by Crippen LogP contribution is 2.21. The molecule has 0 spiro atoms. The van der Waals surface area contributed by atoms with E-state index in [-0.39, 0.29) is 23.0 Å². The zero-order valence-electron chi connectivity index (χ0n) is 11.7. The van der Waals surface area contributed by atoms with E-state index in [0.717, 1.165) is 0 Å². The quantitative estimate of drug-likeness (QED) is 0.501. The molecule has 114 valence electrons. The SMILES string of the molecule is Oc1ccc(/C=N/CC/N=C/c2ccc(O)cc2O)c(O)c1. The van der Waals surface area contributed by atoms with Gasteiger partial charge in [0, 0.05) is 35.7 Å². The highest BCUT2D eigenvalue weighted by atomic mass is 16.3. The van der Waals surface area contributed by atoms with Gasteiger partial charge in [-0.05, 0) is 24.3 Å². The summed E-state index contributed by atoms with van der Waals surface area (Å²) < 4.78 is 0. The molecule has 0 aromatic heterocycles. The molecule has 0 aliphatic heterocycles. The third-order valence-electron chi connectivity index (χ3n) is 2.85. The number of phenols is 4. The number of hydrogen-bond donors (Lipinski definition) is 4. The molecule has 0 atom stereocenters. The van der Waals surface area contributed by atoms with Gasteiger partial charge in [0.1, 0.15) is 23.0 Å². The van der Waals surface area contributed by atoms with Crippen LogP contribution in [-0.2, 0) is 0 Å². The van der Waals surface area contributed by atoms with Crippen molar-refractivity contribution in [2.45, 2.75) is 0 Å². The number of aliphatic imine (C=N–C) groups is 2. The van der Waals surface area contributed by atoms with Gasteiger partial charge in [-0.1, -0.05) is 0 Å². The maximum Gasteiger partial charge on any atom is 0.128 e. The number of rotatable bonds is 5. The Morgan fingerprint density at radius 1 is 0.682 bits per heavy atom. The van der Waals surface area contributed by atoms with Crippen LogP contribution >= 0.6 is 0 Å². The molecule has 0 amide bonds. The van der Waals surface area contributed by atoms with Gasteiger partial charge in [0.15, 0.2) is 0 Å². The van der Waals surface area contributed by atoms with E-state index in [4.69, 9.17) is 10.2 Å². The summed E-state index contributed by atoms with van der Waals surface area (Å²) in [5.74, 6) is -0.0940. The zero-order chi connectivity index (χ0) is 15.9. The molecule has 0 aliphatic carbocycles. The van der Waals surface area contributed by atoms with Gasteiger partial charge in [-0.25, -0.2) is 0 Å². The highest BCUT2D eigenvalue weighted by Gasteiger charge is 1.99. The smallest absolute Gasteiger partial charge is 0.128 e. The first-order valence-electron chi connectivity index (χ1n) is 6.60. The van der Waals surface area contributed by atoms with Crippen molar-refractivity contribution in [1.82, 2.24) is 0 Å². The molecule has 0 heterocycles. The Labute approximate surface area is 127 Å². The average Bonchev–Trinajstić information content (AvgIpc) is 2.46. The van der Waals surface area contributed by atoms with Gasteiger partial charge in [0.05, 0.1) is 13.1 Å². The lowest BCUT2D eigenvalue weighted by atomic mass is 10.2. The Bertz CT molecular complexity index is 650. The van der Waals surface area contributed by atoms with E-state index in [1.165, 1.54) is 36.7 Å². The third-order valence-corrected chi connectivity index (χ3v) is 2.85. The third kappa shape index (κ3) is 4.24. The number of phenolic OH excluding ortho intramolecular Hbond substituents is 4. The van der Waals surface area contributed by atoms with Crippen LogP contribution in [-0.4, -0.2) is 45.9 Å². The predicted molar refractivity (Wildman–Crippen MR) is 84.5 cm³/mol. The van der Waals surface area contributed by atoms with Crippen LogP contribution in [0.1, 0.15) is 11.1 Å². The van der Waals surface area contributed by atoms with Crippen LogP contribution in [0.5, 0.6) is 23.0 Å². The first-order valence-corrected chi connectivity index (χ1v) is 6.60. The summed E-state index contributed by atoms with van der Waals surface area (Å²) in [4.78, 5) is 8.23. The lowest BCUT2D eigenvalue weighted by Gasteiger charge is -1.99. The maximum absolute atomic E-state index is 9.57. The molecule has 0 fully saturated rings. The first-order chi connectivity index (χ1) is 10.6. The van der Waals surface area contributed by atoms with E-state index >= 15 is 0 Å². The van der Waals surface area contributed by atoms with Crippen molar-refractivity contribution in [1.29, 1.82) is 0 Å². The van der Waals surface area contributed by atoms with E-state index < -0.39 is 0 Å². The molecule has 0 saturated carbocycles. The van der Waals surface area contributed by atoms with Crippen molar-refractivity contribution in [3.05, 3.63) is 47.5 Å². The molecule has 0 unspecified atom stereocenters. The van der Waals surface area contributed by atoms with E-state index in [1.807, 2.05) is 0 Å². The fourth-order valence-corrected chi connectivity index (χ4v) is 1.72. The standard InChI is InChI=1S/C16H16N2O4/c19-13-3-1-11(15(21)7-13)9-17-5-6-18-10-12-2-4-14(20)8-16(12)22/h1-4,7-10,19-22H,5-6H2/b17-9+,18-10+. The van der Waals surface area contributed by atoms with Crippen molar-refractivity contribution >= 4 is 12.4 Å². The summed E-state index contributed by atoms with van der Waals surface area (Å²) >= 11 is 0. The topological polar surface area (TPSA) is 106 Å². The summed E-state index contributed by atoms with van der Waals surface area (Å²) in [6.07, 6.45) is 3.00. The van der Waals surface area contributed by atoms with Gasteiger partial charge in [-0.15, -0.1) is 0 Å². The number of benzene rings is 2. The monoisotopic (exact) mass is 300 g/mol. The molecule has 6 heteroatoms. The summed E-state index contributed by atoms with van der Waals surface area (Å²) in [6, 6.07) is 8.54. The number of aromatic hydroxyl groups is 4. The molecule has 0 bridgehead atoms. The molecule has 22 heavy (non-hydrogen) atoms. The second kappa shape index (κ2) is 7.12. The van der Waals surface area contributed by atoms with Crippen LogP contribution in [0, 0.1) is 0 Å². The minimum Gasteiger partial charge on any atom is -0.508 e. The lowest BCUT2D eigenvalue weighted by molar-refractivity contribution is 0.449. The normalized spacial score (nSPS) is 11.5.